The summed E-state index contributed by atoms with van der Waals surface area (Å²) in [6, 6.07) is 5.89. The summed E-state index contributed by atoms with van der Waals surface area (Å²) in [6.45, 7) is 2.01. The number of hydrogen-bond acceptors (Lipinski definition) is 6. The molecule has 0 radical (unpaired) electrons. The fourth-order valence-corrected chi connectivity index (χ4v) is 3.68. The number of fused-ring (bicyclic) bond motifs is 1. The lowest BCUT2D eigenvalue weighted by Gasteiger charge is -2.29. The van der Waals surface area contributed by atoms with Crippen LogP contribution in [0.5, 0.6) is 11.6 Å². The molecule has 1 aromatic carbocycles. The number of hydrogen-bond donors (Lipinski definition) is 0. The Bertz CT molecular complexity index is 966. The predicted octanol–water partition coefficient (Wildman–Crippen LogP) is 3.17. The van der Waals surface area contributed by atoms with Crippen molar-refractivity contribution in [1.29, 1.82) is 0 Å². The van der Waals surface area contributed by atoms with Crippen molar-refractivity contribution in [2.75, 3.05) is 27.2 Å². The van der Waals surface area contributed by atoms with E-state index >= 15 is 0 Å². The number of rotatable bonds is 4. The van der Waals surface area contributed by atoms with Gasteiger partial charge in [0.05, 0.1) is 29.5 Å². The van der Waals surface area contributed by atoms with Gasteiger partial charge in [-0.2, -0.15) is 0 Å². The van der Waals surface area contributed by atoms with Crippen molar-refractivity contribution in [3.05, 3.63) is 29.4 Å². The Kier molecular flexibility index (Phi) is 4.88. The van der Waals surface area contributed by atoms with Gasteiger partial charge >= 0.3 is 0 Å². The molecule has 7 nitrogen and oxygen atoms in total. The third-order valence-corrected chi connectivity index (χ3v) is 5.38. The van der Waals surface area contributed by atoms with Crippen LogP contribution in [0.1, 0.15) is 12.8 Å². The highest BCUT2D eigenvalue weighted by Crippen LogP contribution is 2.41. The molecule has 0 bridgehead atoms. The Morgan fingerprint density at radius 2 is 1.96 bits per heavy atom. The Balaban J connectivity index is 1.75. The molecule has 0 atom stereocenters. The van der Waals surface area contributed by atoms with Gasteiger partial charge in [-0.1, -0.05) is 22.9 Å². The topological polar surface area (TPSA) is 65.3 Å². The summed E-state index contributed by atoms with van der Waals surface area (Å²) >= 11 is 6.75. The maximum absolute atomic E-state index is 6.75. The largest absolute Gasteiger partial charge is 0.483 e. The van der Waals surface area contributed by atoms with Crippen LogP contribution in [0.4, 0.5) is 0 Å². The molecular weight excluding hydrogens is 366 g/mol. The molecule has 27 heavy (non-hydrogen) atoms. The molecule has 2 aromatic heterocycles. The molecule has 3 heterocycles. The number of piperidine rings is 1. The second kappa shape index (κ2) is 7.32. The molecule has 4 rings (SSSR count). The fraction of sp³-hybridized carbons (Fsp3) is 0.421. The number of pyridine rings is 1. The van der Waals surface area contributed by atoms with Gasteiger partial charge in [-0.3, -0.25) is 0 Å². The van der Waals surface area contributed by atoms with E-state index in [1.54, 1.807) is 18.0 Å². The number of benzene rings is 1. The van der Waals surface area contributed by atoms with E-state index in [4.69, 9.17) is 21.1 Å². The maximum atomic E-state index is 6.75. The molecule has 0 N–H and O–H groups in total. The maximum Gasteiger partial charge on any atom is 0.258 e. The van der Waals surface area contributed by atoms with Crippen LogP contribution in [0.25, 0.3) is 22.2 Å². The number of likely N-dealkylation sites (tertiary alicyclic amines) is 1. The first-order chi connectivity index (χ1) is 13.1. The molecule has 0 unspecified atom stereocenters. The fourth-order valence-electron chi connectivity index (χ4n) is 3.41. The Labute approximate surface area is 162 Å². The average Bonchev–Trinajstić information content (AvgIpc) is 3.11. The monoisotopic (exact) mass is 387 g/mol. The number of ether oxygens (including phenoxy) is 2. The quantitative estimate of drug-likeness (QED) is 0.685. The third kappa shape index (κ3) is 3.44. The first-order valence-corrected chi connectivity index (χ1v) is 9.32. The minimum absolute atomic E-state index is 0.108. The summed E-state index contributed by atoms with van der Waals surface area (Å²) in [4.78, 5) is 6.90. The summed E-state index contributed by atoms with van der Waals surface area (Å²) < 4.78 is 13.4. The van der Waals surface area contributed by atoms with Gasteiger partial charge in [0.1, 0.15) is 6.10 Å². The van der Waals surface area contributed by atoms with Crippen LogP contribution in [0.15, 0.2) is 24.4 Å². The van der Waals surface area contributed by atoms with Crippen molar-refractivity contribution >= 4 is 22.5 Å². The van der Waals surface area contributed by atoms with Crippen molar-refractivity contribution in [2.24, 2.45) is 7.05 Å². The summed E-state index contributed by atoms with van der Waals surface area (Å²) in [5, 5.41) is 9.28. The first kappa shape index (κ1) is 18.0. The van der Waals surface area contributed by atoms with Crippen molar-refractivity contribution < 1.29 is 9.47 Å². The lowest BCUT2D eigenvalue weighted by molar-refractivity contribution is 0.110. The molecule has 1 fully saturated rings. The molecule has 8 heteroatoms. The molecule has 0 spiro atoms. The third-order valence-electron chi connectivity index (χ3n) is 5.00. The Hall–Kier alpha value is -2.38. The number of aromatic nitrogens is 4. The van der Waals surface area contributed by atoms with Gasteiger partial charge in [0.2, 0.25) is 5.75 Å². The lowest BCUT2D eigenvalue weighted by atomic mass is 10.1. The second-order valence-electron chi connectivity index (χ2n) is 6.86. The second-order valence-corrected chi connectivity index (χ2v) is 7.24. The highest BCUT2D eigenvalue weighted by atomic mass is 35.5. The standard InChI is InChI=1S/C19H22ClN5O2/c1-24-8-6-13(7-9-24)27-18-17(20)14-10-12(16-11-21-23-25(16)2)4-5-15(14)22-19(18)26-3/h4-5,10-11,13H,6-9H2,1-3H3. The van der Waals surface area contributed by atoms with Crippen molar-refractivity contribution in [1.82, 2.24) is 24.9 Å². The smallest absolute Gasteiger partial charge is 0.258 e. The van der Waals surface area contributed by atoms with E-state index in [1.807, 2.05) is 25.2 Å². The average molecular weight is 388 g/mol. The number of methoxy groups -OCH3 is 1. The summed E-state index contributed by atoms with van der Waals surface area (Å²) in [7, 11) is 5.56. The zero-order valence-electron chi connectivity index (χ0n) is 15.6. The zero-order chi connectivity index (χ0) is 19.0. The highest BCUT2D eigenvalue weighted by Gasteiger charge is 2.23. The molecule has 0 amide bonds. The highest BCUT2D eigenvalue weighted by molar-refractivity contribution is 6.37. The van der Waals surface area contributed by atoms with Crippen LogP contribution in [-0.2, 0) is 7.05 Å². The van der Waals surface area contributed by atoms with Gasteiger partial charge in [0.15, 0.2) is 0 Å². The van der Waals surface area contributed by atoms with E-state index in [0.717, 1.165) is 48.1 Å². The SMILES string of the molecule is COc1nc2ccc(-c3cnnn3C)cc2c(Cl)c1OC1CCN(C)CC1. The van der Waals surface area contributed by atoms with Crippen LogP contribution < -0.4 is 9.47 Å². The molecule has 1 aliphatic rings. The van der Waals surface area contributed by atoms with Gasteiger partial charge < -0.3 is 14.4 Å². The van der Waals surface area contributed by atoms with E-state index in [2.05, 4.69) is 27.2 Å². The molecule has 1 saturated heterocycles. The molecule has 142 valence electrons. The lowest BCUT2D eigenvalue weighted by Crippen LogP contribution is -2.35. The molecule has 0 saturated carbocycles. The normalized spacial score (nSPS) is 16.0. The van der Waals surface area contributed by atoms with Gasteiger partial charge in [-0.25, -0.2) is 9.67 Å². The Morgan fingerprint density at radius 1 is 1.19 bits per heavy atom. The van der Waals surface area contributed by atoms with E-state index in [9.17, 15) is 0 Å². The zero-order valence-corrected chi connectivity index (χ0v) is 16.4. The summed E-state index contributed by atoms with van der Waals surface area (Å²) in [6.07, 6.45) is 3.74. The van der Waals surface area contributed by atoms with Crippen LogP contribution in [0.2, 0.25) is 5.02 Å². The summed E-state index contributed by atoms with van der Waals surface area (Å²) in [5.41, 5.74) is 2.63. The summed E-state index contributed by atoms with van der Waals surface area (Å²) in [5.74, 6) is 0.933. The molecule has 1 aliphatic heterocycles. The van der Waals surface area contributed by atoms with Gasteiger partial charge in [-0.15, -0.1) is 5.10 Å². The van der Waals surface area contributed by atoms with E-state index in [1.165, 1.54) is 0 Å². The van der Waals surface area contributed by atoms with Gasteiger partial charge in [-0.05, 0) is 32.0 Å². The molecule has 3 aromatic rings. The van der Waals surface area contributed by atoms with Gasteiger partial charge in [0, 0.05) is 31.1 Å². The first-order valence-electron chi connectivity index (χ1n) is 8.94. The van der Waals surface area contributed by atoms with Crippen molar-refractivity contribution in [2.45, 2.75) is 18.9 Å². The Morgan fingerprint density at radius 3 is 2.63 bits per heavy atom. The van der Waals surface area contributed by atoms with E-state index in [0.29, 0.717) is 16.7 Å². The number of aryl methyl sites for hydroxylation is 1. The number of nitrogens with zero attached hydrogens (tertiary/aromatic N) is 5. The van der Waals surface area contributed by atoms with Crippen molar-refractivity contribution in [3.8, 4) is 22.9 Å². The van der Waals surface area contributed by atoms with Crippen molar-refractivity contribution in [3.63, 3.8) is 0 Å². The van der Waals surface area contributed by atoms with E-state index in [-0.39, 0.29) is 6.10 Å². The van der Waals surface area contributed by atoms with E-state index < -0.39 is 0 Å². The van der Waals surface area contributed by atoms with Gasteiger partial charge in [0.25, 0.3) is 5.88 Å². The number of halogens is 1. The molecular formula is C19H22ClN5O2. The van der Waals surface area contributed by atoms with Crippen LogP contribution in [0.3, 0.4) is 0 Å². The minimum atomic E-state index is 0.108. The predicted molar refractivity (Wildman–Crippen MR) is 104 cm³/mol. The van der Waals surface area contributed by atoms with Crippen LogP contribution in [-0.4, -0.2) is 58.2 Å². The van der Waals surface area contributed by atoms with Crippen LogP contribution in [0, 0.1) is 0 Å². The van der Waals surface area contributed by atoms with Crippen LogP contribution >= 0.6 is 11.6 Å². The minimum Gasteiger partial charge on any atom is -0.483 e. The molecule has 0 aliphatic carbocycles.